The van der Waals surface area contributed by atoms with Crippen LogP contribution in [-0.4, -0.2) is 53.3 Å². The molecule has 1 aromatic heterocycles. The highest BCUT2D eigenvalue weighted by Crippen LogP contribution is 2.29. The summed E-state index contributed by atoms with van der Waals surface area (Å²) in [7, 11) is 3.91. The van der Waals surface area contributed by atoms with Crippen LogP contribution >= 0.6 is 0 Å². The number of amides is 1. The number of nitrogens with one attached hydrogen (secondary N) is 1. The topological polar surface area (TPSA) is 87.8 Å². The molecule has 9 nitrogen and oxygen atoms in total. The fourth-order valence-corrected chi connectivity index (χ4v) is 3.79. The number of rotatable bonds is 4. The van der Waals surface area contributed by atoms with E-state index in [1.807, 2.05) is 72.4 Å². The fraction of sp³-hybridized carbons (Fsp3) is 0.238. The molecule has 9 heteroatoms. The van der Waals surface area contributed by atoms with Crippen molar-refractivity contribution in [1.29, 1.82) is 0 Å². The van der Waals surface area contributed by atoms with Gasteiger partial charge in [-0.2, -0.15) is 0 Å². The lowest BCUT2D eigenvalue weighted by Crippen LogP contribution is -2.37. The van der Waals surface area contributed by atoms with Crippen LogP contribution in [0.25, 0.3) is 5.69 Å². The Morgan fingerprint density at radius 1 is 1.13 bits per heavy atom. The summed E-state index contributed by atoms with van der Waals surface area (Å²) >= 11 is 0. The van der Waals surface area contributed by atoms with E-state index in [4.69, 9.17) is 0 Å². The van der Waals surface area contributed by atoms with Gasteiger partial charge in [-0.1, -0.05) is 12.1 Å². The number of benzene rings is 2. The van der Waals surface area contributed by atoms with Gasteiger partial charge in [0.15, 0.2) is 0 Å². The van der Waals surface area contributed by atoms with Gasteiger partial charge in [-0.05, 0) is 36.4 Å². The van der Waals surface area contributed by atoms with E-state index in [9.17, 15) is 9.59 Å². The van der Waals surface area contributed by atoms with E-state index in [1.165, 1.54) is 4.68 Å². The lowest BCUT2D eigenvalue weighted by atomic mass is 10.1. The Morgan fingerprint density at radius 2 is 1.90 bits per heavy atom. The van der Waals surface area contributed by atoms with Crippen molar-refractivity contribution >= 4 is 29.1 Å². The molecule has 2 aliphatic rings. The molecule has 3 heterocycles. The van der Waals surface area contributed by atoms with Crippen LogP contribution in [0.2, 0.25) is 0 Å². The number of fused-ring (bicyclic) bond motifs is 6. The third-order valence-electron chi connectivity index (χ3n) is 5.25. The molecule has 2 aromatic carbocycles. The second kappa shape index (κ2) is 6.87. The van der Waals surface area contributed by atoms with Gasteiger partial charge in [-0.3, -0.25) is 14.7 Å². The highest BCUT2D eigenvalue weighted by molar-refractivity contribution is 6.14. The number of hydrogen-bond acceptors (Lipinski definition) is 6. The maximum absolute atomic E-state index is 13.1. The number of aromatic nitrogens is 3. The van der Waals surface area contributed by atoms with Crippen molar-refractivity contribution in [2.45, 2.75) is 6.54 Å². The molecule has 1 N–H and O–H groups in total. The molecule has 0 spiro atoms. The zero-order valence-corrected chi connectivity index (χ0v) is 16.7. The Bertz CT molecular complexity index is 1220. The van der Waals surface area contributed by atoms with E-state index in [1.54, 1.807) is 4.57 Å². The number of para-hydroxylation sites is 1. The highest BCUT2D eigenvalue weighted by atomic mass is 16.2. The zero-order valence-electron chi connectivity index (χ0n) is 16.7. The maximum Gasteiger partial charge on any atom is 0.352 e. The van der Waals surface area contributed by atoms with Crippen molar-refractivity contribution in [2.75, 3.05) is 42.3 Å². The first kappa shape index (κ1) is 18.2. The van der Waals surface area contributed by atoms with Gasteiger partial charge < -0.3 is 10.2 Å². The Kier molecular flexibility index (Phi) is 4.16. The minimum absolute atomic E-state index is 0.170. The van der Waals surface area contributed by atoms with Crippen molar-refractivity contribution in [3.63, 3.8) is 0 Å². The molecule has 152 valence electrons. The predicted octanol–water partition coefficient (Wildman–Crippen LogP) is 1.32. The number of hydrogen-bond donors (Lipinski definition) is 1. The molecular weight excluding hydrogens is 382 g/mol. The van der Waals surface area contributed by atoms with Crippen molar-refractivity contribution in [1.82, 2.24) is 14.3 Å². The normalized spacial score (nSPS) is 13.9. The SMILES string of the molecule is CN(C)c1ccc(NC(=O)Cn2nc3n(c2=O)-c2ccccc2C2=NCCN23)cc1. The maximum atomic E-state index is 13.1. The van der Waals surface area contributed by atoms with Crippen LogP contribution in [0.1, 0.15) is 5.56 Å². The summed E-state index contributed by atoms with van der Waals surface area (Å²) in [5.74, 6) is 1.01. The molecule has 2 aliphatic heterocycles. The van der Waals surface area contributed by atoms with Gasteiger partial charge in [0, 0.05) is 37.6 Å². The Morgan fingerprint density at radius 3 is 2.67 bits per heavy atom. The van der Waals surface area contributed by atoms with Gasteiger partial charge in [-0.25, -0.2) is 14.0 Å². The molecule has 5 rings (SSSR count). The summed E-state index contributed by atoms with van der Waals surface area (Å²) in [4.78, 5) is 34.1. The molecule has 0 radical (unpaired) electrons. The van der Waals surface area contributed by atoms with Crippen LogP contribution in [0.3, 0.4) is 0 Å². The number of carbonyl (C=O) groups is 1. The lowest BCUT2D eigenvalue weighted by Gasteiger charge is -2.26. The zero-order chi connectivity index (χ0) is 20.8. The van der Waals surface area contributed by atoms with Crippen LogP contribution < -0.4 is 20.8 Å². The van der Waals surface area contributed by atoms with Crippen LogP contribution in [0, 0.1) is 0 Å². The van der Waals surface area contributed by atoms with Crippen LogP contribution in [-0.2, 0) is 11.3 Å². The van der Waals surface area contributed by atoms with Crippen LogP contribution in [0.15, 0.2) is 58.3 Å². The number of nitrogens with zero attached hydrogens (tertiary/aromatic N) is 6. The second-order valence-electron chi connectivity index (χ2n) is 7.44. The van der Waals surface area contributed by atoms with Crippen LogP contribution in [0.4, 0.5) is 17.3 Å². The summed E-state index contributed by atoms with van der Waals surface area (Å²) in [6.45, 7) is 1.13. The van der Waals surface area contributed by atoms with Crippen LogP contribution in [0.5, 0.6) is 0 Å². The Hall–Kier alpha value is -3.88. The van der Waals surface area contributed by atoms with Gasteiger partial charge in [-0.15, -0.1) is 5.10 Å². The third kappa shape index (κ3) is 2.86. The average Bonchev–Trinajstić information content (AvgIpc) is 3.34. The fourth-order valence-electron chi connectivity index (χ4n) is 3.79. The van der Waals surface area contributed by atoms with Crippen molar-refractivity contribution in [3.05, 3.63) is 64.6 Å². The molecule has 0 saturated heterocycles. The van der Waals surface area contributed by atoms with Gasteiger partial charge in [0.25, 0.3) is 0 Å². The van der Waals surface area contributed by atoms with Crippen molar-refractivity contribution in [2.24, 2.45) is 4.99 Å². The third-order valence-corrected chi connectivity index (χ3v) is 5.25. The monoisotopic (exact) mass is 403 g/mol. The predicted molar refractivity (Wildman–Crippen MR) is 116 cm³/mol. The molecule has 0 fully saturated rings. The van der Waals surface area contributed by atoms with E-state index in [-0.39, 0.29) is 18.1 Å². The molecule has 0 bridgehead atoms. The van der Waals surface area contributed by atoms with Gasteiger partial charge in [0.1, 0.15) is 12.4 Å². The van der Waals surface area contributed by atoms with E-state index in [0.717, 1.165) is 22.8 Å². The number of carbonyl (C=O) groups excluding carboxylic acids is 1. The summed E-state index contributed by atoms with van der Waals surface area (Å²) < 4.78 is 2.76. The van der Waals surface area contributed by atoms with Gasteiger partial charge in [0.05, 0.1) is 12.2 Å². The molecule has 30 heavy (non-hydrogen) atoms. The minimum Gasteiger partial charge on any atom is -0.378 e. The quantitative estimate of drug-likeness (QED) is 0.710. The van der Waals surface area contributed by atoms with Gasteiger partial charge in [0.2, 0.25) is 11.9 Å². The standard InChI is InChI=1S/C21H21N7O2/c1-25(2)15-9-7-14(8-10-15)23-18(29)13-27-21(30)28-17-6-4-3-5-16(17)19-22-11-12-26(19)20(28)24-27/h3-10H,11-13H2,1-2H3,(H,23,29). The largest absolute Gasteiger partial charge is 0.378 e. The molecule has 0 atom stereocenters. The van der Waals surface area contributed by atoms with E-state index in [2.05, 4.69) is 15.4 Å². The Balaban J connectivity index is 1.43. The first-order valence-electron chi connectivity index (χ1n) is 9.72. The number of aliphatic imine (C=N–C) groups is 1. The number of anilines is 3. The second-order valence-corrected chi connectivity index (χ2v) is 7.44. The summed E-state index contributed by atoms with van der Waals surface area (Å²) in [5, 5.41) is 7.28. The van der Waals surface area contributed by atoms with E-state index < -0.39 is 0 Å². The highest BCUT2D eigenvalue weighted by Gasteiger charge is 2.34. The van der Waals surface area contributed by atoms with E-state index >= 15 is 0 Å². The number of amidine groups is 1. The molecule has 1 amide bonds. The molecule has 0 aliphatic carbocycles. The smallest absolute Gasteiger partial charge is 0.352 e. The van der Waals surface area contributed by atoms with E-state index in [0.29, 0.717) is 24.7 Å². The molecule has 0 saturated carbocycles. The summed E-state index contributed by atoms with van der Waals surface area (Å²) in [5.41, 5.74) is 2.99. The molecule has 3 aromatic rings. The minimum atomic E-state index is -0.346. The van der Waals surface area contributed by atoms with Crippen molar-refractivity contribution in [3.8, 4) is 5.69 Å². The molecular formula is C21H21N7O2. The first-order valence-corrected chi connectivity index (χ1v) is 9.72. The lowest BCUT2D eigenvalue weighted by molar-refractivity contribution is -0.117. The first-order chi connectivity index (χ1) is 14.5. The average molecular weight is 403 g/mol. The van der Waals surface area contributed by atoms with Gasteiger partial charge >= 0.3 is 5.69 Å². The summed E-state index contributed by atoms with van der Waals surface area (Å²) in [6, 6.07) is 15.1. The van der Waals surface area contributed by atoms with Crippen molar-refractivity contribution < 1.29 is 4.79 Å². The Labute approximate surface area is 172 Å². The summed E-state index contributed by atoms with van der Waals surface area (Å²) in [6.07, 6.45) is 0. The molecule has 0 unspecified atom stereocenters.